The SMILES string of the molecule is CC/C(C)=N/OC(C)=N. The van der Waals surface area contributed by atoms with Crippen molar-refractivity contribution < 1.29 is 4.84 Å². The normalized spacial score (nSPS) is 11.2. The quantitative estimate of drug-likeness (QED) is 0.344. The minimum atomic E-state index is 0.128. The Labute approximate surface area is 55.2 Å². The van der Waals surface area contributed by atoms with Crippen molar-refractivity contribution >= 4 is 11.6 Å². The third-order valence-electron chi connectivity index (χ3n) is 0.850. The van der Waals surface area contributed by atoms with Crippen molar-refractivity contribution in [2.75, 3.05) is 0 Å². The van der Waals surface area contributed by atoms with Gasteiger partial charge in [0.1, 0.15) is 0 Å². The fourth-order valence-corrected chi connectivity index (χ4v) is 0.211. The lowest BCUT2D eigenvalue weighted by Gasteiger charge is -1.94. The molecule has 0 heterocycles. The lowest BCUT2D eigenvalue weighted by molar-refractivity contribution is 0.320. The molecule has 0 aliphatic carbocycles. The van der Waals surface area contributed by atoms with Crippen LogP contribution in [0.15, 0.2) is 5.16 Å². The first-order valence-electron chi connectivity index (χ1n) is 2.92. The van der Waals surface area contributed by atoms with Gasteiger partial charge < -0.3 is 4.84 Å². The van der Waals surface area contributed by atoms with Crippen molar-refractivity contribution in [2.45, 2.75) is 27.2 Å². The second kappa shape index (κ2) is 4.06. The maximum absolute atomic E-state index is 6.83. The van der Waals surface area contributed by atoms with Crippen LogP contribution in [0.4, 0.5) is 0 Å². The molecule has 0 aliphatic rings. The van der Waals surface area contributed by atoms with E-state index in [1.165, 1.54) is 0 Å². The van der Waals surface area contributed by atoms with Crippen molar-refractivity contribution in [1.29, 1.82) is 5.41 Å². The Kier molecular flexibility index (Phi) is 3.67. The monoisotopic (exact) mass is 128 g/mol. The zero-order chi connectivity index (χ0) is 7.28. The van der Waals surface area contributed by atoms with Gasteiger partial charge in [-0.25, -0.2) is 0 Å². The van der Waals surface area contributed by atoms with Crippen LogP contribution < -0.4 is 0 Å². The molecule has 0 rings (SSSR count). The first kappa shape index (κ1) is 8.14. The number of hydrogen-bond acceptors (Lipinski definition) is 3. The molecule has 0 atom stereocenters. The van der Waals surface area contributed by atoms with Crippen molar-refractivity contribution in [3.63, 3.8) is 0 Å². The van der Waals surface area contributed by atoms with Crippen LogP contribution in [-0.4, -0.2) is 11.6 Å². The molecule has 3 heteroatoms. The largest absolute Gasteiger partial charge is 0.342 e. The molecule has 0 saturated heterocycles. The van der Waals surface area contributed by atoms with Gasteiger partial charge in [0.2, 0.25) is 5.90 Å². The van der Waals surface area contributed by atoms with E-state index >= 15 is 0 Å². The van der Waals surface area contributed by atoms with E-state index in [1.807, 2.05) is 13.8 Å². The number of nitrogens with one attached hydrogen (secondary N) is 1. The number of oxime groups is 1. The maximum Gasteiger partial charge on any atom is 0.214 e. The van der Waals surface area contributed by atoms with E-state index in [4.69, 9.17) is 5.41 Å². The van der Waals surface area contributed by atoms with Crippen LogP contribution in [0.2, 0.25) is 0 Å². The average Bonchev–Trinajstić information content (AvgIpc) is 1.83. The van der Waals surface area contributed by atoms with E-state index in [1.54, 1.807) is 6.92 Å². The van der Waals surface area contributed by atoms with E-state index in [0.717, 1.165) is 12.1 Å². The van der Waals surface area contributed by atoms with Crippen LogP contribution in [0.25, 0.3) is 0 Å². The Bertz CT molecular complexity index is 129. The lowest BCUT2D eigenvalue weighted by Crippen LogP contribution is -1.94. The van der Waals surface area contributed by atoms with Crippen molar-refractivity contribution in [1.82, 2.24) is 0 Å². The second-order valence-corrected chi connectivity index (χ2v) is 1.83. The highest BCUT2D eigenvalue weighted by atomic mass is 16.6. The third-order valence-corrected chi connectivity index (χ3v) is 0.850. The Morgan fingerprint density at radius 2 is 2.11 bits per heavy atom. The van der Waals surface area contributed by atoms with E-state index in [-0.39, 0.29) is 5.90 Å². The zero-order valence-corrected chi connectivity index (χ0v) is 6.06. The predicted molar refractivity (Wildman–Crippen MR) is 37.9 cm³/mol. The minimum Gasteiger partial charge on any atom is -0.342 e. The van der Waals surface area contributed by atoms with Crippen LogP contribution in [0, 0.1) is 5.41 Å². The van der Waals surface area contributed by atoms with Crippen molar-refractivity contribution in [2.24, 2.45) is 5.16 Å². The highest BCUT2D eigenvalue weighted by Gasteiger charge is 1.86. The third kappa shape index (κ3) is 5.00. The van der Waals surface area contributed by atoms with Gasteiger partial charge in [0.05, 0.1) is 5.71 Å². The van der Waals surface area contributed by atoms with Crippen LogP contribution in [0.5, 0.6) is 0 Å². The standard InChI is InChI=1S/C6H12N2O/c1-4-5(2)8-9-6(3)7/h7H,4H2,1-3H3/b7-6?,8-5+. The molecule has 0 bridgehead atoms. The molecule has 0 unspecified atom stereocenters. The van der Waals surface area contributed by atoms with Gasteiger partial charge in [-0.1, -0.05) is 12.1 Å². The summed E-state index contributed by atoms with van der Waals surface area (Å²) in [4.78, 5) is 4.57. The number of rotatable bonds is 2. The first-order chi connectivity index (χ1) is 4.16. The fourth-order valence-electron chi connectivity index (χ4n) is 0.211. The van der Waals surface area contributed by atoms with Gasteiger partial charge in [0.25, 0.3) is 0 Å². The Morgan fingerprint density at radius 3 is 2.44 bits per heavy atom. The van der Waals surface area contributed by atoms with E-state index in [2.05, 4.69) is 9.99 Å². The second-order valence-electron chi connectivity index (χ2n) is 1.83. The van der Waals surface area contributed by atoms with Gasteiger partial charge in [0, 0.05) is 6.92 Å². The first-order valence-corrected chi connectivity index (χ1v) is 2.92. The summed E-state index contributed by atoms with van der Waals surface area (Å²) in [6, 6.07) is 0. The average molecular weight is 128 g/mol. The molecule has 0 aliphatic heterocycles. The summed E-state index contributed by atoms with van der Waals surface area (Å²) in [7, 11) is 0. The Balaban J connectivity index is 3.56. The molecule has 0 aromatic heterocycles. The van der Waals surface area contributed by atoms with Crippen LogP contribution in [-0.2, 0) is 4.84 Å². The molecule has 0 aromatic rings. The smallest absolute Gasteiger partial charge is 0.214 e. The number of hydrogen-bond donors (Lipinski definition) is 1. The molecule has 1 N–H and O–H groups in total. The zero-order valence-electron chi connectivity index (χ0n) is 6.06. The summed E-state index contributed by atoms with van der Waals surface area (Å²) in [6.07, 6.45) is 0.868. The summed E-state index contributed by atoms with van der Waals surface area (Å²) in [5.41, 5.74) is 0.904. The molecular formula is C6H12N2O. The molecular weight excluding hydrogens is 116 g/mol. The molecule has 0 spiro atoms. The van der Waals surface area contributed by atoms with Gasteiger partial charge >= 0.3 is 0 Å². The summed E-state index contributed by atoms with van der Waals surface area (Å²) >= 11 is 0. The summed E-state index contributed by atoms with van der Waals surface area (Å²) in [5, 5.41) is 10.5. The summed E-state index contributed by atoms with van der Waals surface area (Å²) in [5.74, 6) is 0.128. The topological polar surface area (TPSA) is 45.4 Å². The van der Waals surface area contributed by atoms with Crippen molar-refractivity contribution in [3.8, 4) is 0 Å². The van der Waals surface area contributed by atoms with E-state index in [0.29, 0.717) is 0 Å². The Hall–Kier alpha value is -0.860. The molecule has 3 nitrogen and oxygen atoms in total. The van der Waals surface area contributed by atoms with Gasteiger partial charge in [-0.15, -0.1) is 0 Å². The molecule has 0 amide bonds. The van der Waals surface area contributed by atoms with Crippen LogP contribution >= 0.6 is 0 Å². The molecule has 9 heavy (non-hydrogen) atoms. The highest BCUT2D eigenvalue weighted by molar-refractivity contribution is 5.82. The van der Waals surface area contributed by atoms with Crippen LogP contribution in [0.1, 0.15) is 27.2 Å². The lowest BCUT2D eigenvalue weighted by atomic mass is 10.3. The van der Waals surface area contributed by atoms with E-state index in [9.17, 15) is 0 Å². The summed E-state index contributed by atoms with van der Waals surface area (Å²) < 4.78 is 0. The van der Waals surface area contributed by atoms with E-state index < -0.39 is 0 Å². The van der Waals surface area contributed by atoms with Gasteiger partial charge in [-0.05, 0) is 13.3 Å². The van der Waals surface area contributed by atoms with Crippen LogP contribution in [0.3, 0.4) is 0 Å². The van der Waals surface area contributed by atoms with Gasteiger partial charge in [-0.2, -0.15) is 0 Å². The molecule has 52 valence electrons. The maximum atomic E-state index is 6.83. The van der Waals surface area contributed by atoms with Gasteiger partial charge in [0.15, 0.2) is 0 Å². The van der Waals surface area contributed by atoms with Gasteiger partial charge in [-0.3, -0.25) is 5.41 Å². The molecule has 0 aromatic carbocycles. The molecule has 0 saturated carbocycles. The number of nitrogens with zero attached hydrogens (tertiary/aromatic N) is 1. The highest BCUT2D eigenvalue weighted by Crippen LogP contribution is 1.85. The molecule has 0 fully saturated rings. The fraction of sp³-hybridized carbons (Fsp3) is 0.667. The minimum absolute atomic E-state index is 0.128. The van der Waals surface area contributed by atoms with Crippen molar-refractivity contribution in [3.05, 3.63) is 0 Å². The summed E-state index contributed by atoms with van der Waals surface area (Å²) in [6.45, 7) is 5.40. The molecule has 0 radical (unpaired) electrons. The Morgan fingerprint density at radius 1 is 1.56 bits per heavy atom. The predicted octanol–water partition coefficient (Wildman–Crippen LogP) is 1.79.